The van der Waals surface area contributed by atoms with Gasteiger partial charge in [-0.3, -0.25) is 4.79 Å². The zero-order valence-electron chi connectivity index (χ0n) is 9.25. The number of rotatable bonds is 2. The highest BCUT2D eigenvalue weighted by molar-refractivity contribution is 14.1. The van der Waals surface area contributed by atoms with E-state index in [0.29, 0.717) is 10.7 Å². The molecule has 92 valence electrons. The van der Waals surface area contributed by atoms with Crippen molar-refractivity contribution in [2.45, 2.75) is 25.3 Å². The van der Waals surface area contributed by atoms with E-state index in [2.05, 4.69) is 27.9 Å². The number of halogens is 2. The van der Waals surface area contributed by atoms with Gasteiger partial charge in [0.15, 0.2) is 0 Å². The molecule has 0 bridgehead atoms. The first kappa shape index (κ1) is 13.1. The predicted octanol–water partition coefficient (Wildman–Crippen LogP) is 3.01. The fourth-order valence-corrected chi connectivity index (χ4v) is 2.79. The number of carbonyl (C=O) groups excluding carboxylic acids is 1. The largest absolute Gasteiger partial charge is 0.327 e. The van der Waals surface area contributed by atoms with Gasteiger partial charge in [0.2, 0.25) is 5.91 Å². The number of anilines is 1. The standard InChI is InChI=1S/C12H14ClIN2O/c13-9-5-4-7(14)6-11(9)16-12(17)8-2-1-3-10(8)15/h4-6,8,10H,1-3,15H2,(H,16,17). The van der Waals surface area contributed by atoms with Gasteiger partial charge in [-0.15, -0.1) is 0 Å². The molecule has 3 nitrogen and oxygen atoms in total. The first-order valence-electron chi connectivity index (χ1n) is 5.59. The molecule has 1 aromatic carbocycles. The van der Waals surface area contributed by atoms with Crippen LogP contribution in [0.15, 0.2) is 18.2 Å². The number of hydrogen-bond acceptors (Lipinski definition) is 2. The molecule has 5 heteroatoms. The van der Waals surface area contributed by atoms with Gasteiger partial charge in [0.25, 0.3) is 0 Å². The van der Waals surface area contributed by atoms with E-state index in [9.17, 15) is 4.79 Å². The molecule has 0 radical (unpaired) electrons. The van der Waals surface area contributed by atoms with E-state index in [4.69, 9.17) is 17.3 Å². The summed E-state index contributed by atoms with van der Waals surface area (Å²) >= 11 is 8.22. The average molecular weight is 365 g/mol. The number of nitrogens with two attached hydrogens (primary N) is 1. The Morgan fingerprint density at radius 1 is 1.47 bits per heavy atom. The topological polar surface area (TPSA) is 55.1 Å². The minimum atomic E-state index is -0.0797. The van der Waals surface area contributed by atoms with Crippen molar-refractivity contribution < 1.29 is 4.79 Å². The lowest BCUT2D eigenvalue weighted by atomic mass is 10.0. The Morgan fingerprint density at radius 3 is 2.88 bits per heavy atom. The molecule has 1 saturated carbocycles. The average Bonchev–Trinajstić information content (AvgIpc) is 2.70. The summed E-state index contributed by atoms with van der Waals surface area (Å²) in [7, 11) is 0. The van der Waals surface area contributed by atoms with E-state index in [0.717, 1.165) is 22.8 Å². The van der Waals surface area contributed by atoms with Crippen LogP contribution in [0.1, 0.15) is 19.3 Å². The van der Waals surface area contributed by atoms with Crippen LogP contribution in [0.25, 0.3) is 0 Å². The van der Waals surface area contributed by atoms with Crippen LogP contribution >= 0.6 is 34.2 Å². The van der Waals surface area contributed by atoms with Crippen LogP contribution in [0.4, 0.5) is 5.69 Å². The van der Waals surface area contributed by atoms with Crippen molar-refractivity contribution in [1.29, 1.82) is 0 Å². The summed E-state index contributed by atoms with van der Waals surface area (Å²) in [6.07, 6.45) is 2.83. The minimum Gasteiger partial charge on any atom is -0.327 e. The van der Waals surface area contributed by atoms with Crippen LogP contribution in [-0.2, 0) is 4.79 Å². The summed E-state index contributed by atoms with van der Waals surface area (Å²) in [6, 6.07) is 5.53. The van der Waals surface area contributed by atoms with E-state index < -0.39 is 0 Å². The Labute approximate surface area is 119 Å². The lowest BCUT2D eigenvalue weighted by Crippen LogP contribution is -2.34. The summed E-state index contributed by atoms with van der Waals surface area (Å²) in [6.45, 7) is 0. The van der Waals surface area contributed by atoms with E-state index >= 15 is 0 Å². The second kappa shape index (κ2) is 5.54. The summed E-state index contributed by atoms with van der Waals surface area (Å²) in [5, 5.41) is 3.43. The van der Waals surface area contributed by atoms with Crippen molar-refractivity contribution >= 4 is 45.8 Å². The number of nitrogens with one attached hydrogen (secondary N) is 1. The van der Waals surface area contributed by atoms with E-state index in [-0.39, 0.29) is 17.9 Å². The Bertz CT molecular complexity index is 439. The van der Waals surface area contributed by atoms with Gasteiger partial charge >= 0.3 is 0 Å². The normalized spacial score (nSPS) is 23.7. The highest BCUT2D eigenvalue weighted by atomic mass is 127. The number of carbonyl (C=O) groups is 1. The second-order valence-corrected chi connectivity index (χ2v) is 5.97. The van der Waals surface area contributed by atoms with Crippen LogP contribution < -0.4 is 11.1 Å². The molecule has 0 aliphatic heterocycles. The van der Waals surface area contributed by atoms with Gasteiger partial charge < -0.3 is 11.1 Å². The summed E-state index contributed by atoms with van der Waals surface area (Å²) < 4.78 is 1.04. The minimum absolute atomic E-state index is 0.0149. The van der Waals surface area contributed by atoms with Crippen LogP contribution in [-0.4, -0.2) is 11.9 Å². The van der Waals surface area contributed by atoms with Gasteiger partial charge in [-0.2, -0.15) is 0 Å². The zero-order valence-corrected chi connectivity index (χ0v) is 12.2. The highest BCUT2D eigenvalue weighted by Crippen LogP contribution is 2.28. The maximum absolute atomic E-state index is 12.0. The molecule has 17 heavy (non-hydrogen) atoms. The molecular formula is C12H14ClIN2O. The predicted molar refractivity (Wildman–Crippen MR) is 78.1 cm³/mol. The Balaban J connectivity index is 2.10. The van der Waals surface area contributed by atoms with Crippen LogP contribution in [0.5, 0.6) is 0 Å². The summed E-state index contributed by atoms with van der Waals surface area (Å²) in [5.41, 5.74) is 6.58. The first-order valence-corrected chi connectivity index (χ1v) is 7.05. The molecule has 1 aliphatic rings. The van der Waals surface area contributed by atoms with Crippen LogP contribution in [0.2, 0.25) is 5.02 Å². The lowest BCUT2D eigenvalue weighted by molar-refractivity contribution is -0.120. The Hall–Kier alpha value is -0.330. The van der Waals surface area contributed by atoms with Crippen molar-refractivity contribution in [2.24, 2.45) is 11.7 Å². The number of benzene rings is 1. The third-order valence-corrected chi connectivity index (χ3v) is 4.09. The number of hydrogen-bond donors (Lipinski definition) is 2. The molecule has 0 spiro atoms. The Morgan fingerprint density at radius 2 is 2.24 bits per heavy atom. The molecule has 0 saturated heterocycles. The van der Waals surface area contributed by atoms with Gasteiger partial charge in [-0.25, -0.2) is 0 Å². The SMILES string of the molecule is NC1CCCC1C(=O)Nc1cc(I)ccc1Cl. The molecule has 1 aromatic rings. The summed E-state index contributed by atoms with van der Waals surface area (Å²) in [4.78, 5) is 12.0. The van der Waals surface area contributed by atoms with E-state index in [1.165, 1.54) is 0 Å². The van der Waals surface area contributed by atoms with Crippen LogP contribution in [0.3, 0.4) is 0 Å². The van der Waals surface area contributed by atoms with Crippen molar-refractivity contribution in [2.75, 3.05) is 5.32 Å². The lowest BCUT2D eigenvalue weighted by Gasteiger charge is -2.15. The molecule has 1 aliphatic carbocycles. The monoisotopic (exact) mass is 364 g/mol. The maximum Gasteiger partial charge on any atom is 0.229 e. The first-order chi connectivity index (χ1) is 8.08. The third-order valence-electron chi connectivity index (χ3n) is 3.09. The van der Waals surface area contributed by atoms with Gasteiger partial charge in [0.1, 0.15) is 0 Å². The third kappa shape index (κ3) is 3.11. The van der Waals surface area contributed by atoms with Gasteiger partial charge in [0.05, 0.1) is 16.6 Å². The summed E-state index contributed by atoms with van der Waals surface area (Å²) in [5.74, 6) is -0.0946. The molecule has 1 amide bonds. The fourth-order valence-electron chi connectivity index (χ4n) is 2.13. The molecular weight excluding hydrogens is 351 g/mol. The highest BCUT2D eigenvalue weighted by Gasteiger charge is 2.30. The smallest absolute Gasteiger partial charge is 0.229 e. The van der Waals surface area contributed by atoms with Crippen LogP contribution in [0, 0.1) is 9.49 Å². The molecule has 2 atom stereocenters. The van der Waals surface area contributed by atoms with Crippen molar-refractivity contribution in [3.8, 4) is 0 Å². The maximum atomic E-state index is 12.0. The Kier molecular flexibility index (Phi) is 4.27. The quantitative estimate of drug-likeness (QED) is 0.793. The van der Waals surface area contributed by atoms with E-state index in [1.807, 2.05) is 12.1 Å². The molecule has 1 fully saturated rings. The van der Waals surface area contributed by atoms with Crippen molar-refractivity contribution in [1.82, 2.24) is 0 Å². The molecule has 0 heterocycles. The fraction of sp³-hybridized carbons (Fsp3) is 0.417. The second-order valence-electron chi connectivity index (χ2n) is 4.31. The number of amides is 1. The van der Waals surface area contributed by atoms with E-state index in [1.54, 1.807) is 6.07 Å². The van der Waals surface area contributed by atoms with Gasteiger partial charge in [0, 0.05) is 9.61 Å². The molecule has 3 N–H and O–H groups in total. The van der Waals surface area contributed by atoms with Crippen molar-refractivity contribution in [3.63, 3.8) is 0 Å². The molecule has 0 aromatic heterocycles. The van der Waals surface area contributed by atoms with Crippen molar-refractivity contribution in [3.05, 3.63) is 26.8 Å². The molecule has 2 rings (SSSR count). The van der Waals surface area contributed by atoms with Gasteiger partial charge in [-0.1, -0.05) is 18.0 Å². The zero-order chi connectivity index (χ0) is 12.4. The molecule has 2 unspecified atom stereocenters. The van der Waals surface area contributed by atoms with Gasteiger partial charge in [-0.05, 0) is 53.6 Å².